The number of Topliss-reactive ketones (excluding diaryl/α,β-unsaturated/α-hetero) is 1. The van der Waals surface area contributed by atoms with Crippen LogP contribution in [0.3, 0.4) is 0 Å². The summed E-state index contributed by atoms with van der Waals surface area (Å²) in [6, 6.07) is 2.04. The van der Waals surface area contributed by atoms with Crippen LogP contribution in [0.5, 0.6) is 0 Å². The summed E-state index contributed by atoms with van der Waals surface area (Å²) < 4.78 is 25.9. The summed E-state index contributed by atoms with van der Waals surface area (Å²) in [5.41, 5.74) is 0.442. The summed E-state index contributed by atoms with van der Waals surface area (Å²) in [5.74, 6) is -1.06. The van der Waals surface area contributed by atoms with Crippen LogP contribution in [-0.2, 0) is 11.2 Å². The normalized spacial score (nSPS) is 17.2. The van der Waals surface area contributed by atoms with Gasteiger partial charge in [0.05, 0.1) is 18.2 Å². The first-order chi connectivity index (χ1) is 7.66. The number of hydrogen-bond acceptors (Lipinski definition) is 2. The quantitative estimate of drug-likeness (QED) is 0.793. The Morgan fingerprint density at radius 1 is 1.50 bits per heavy atom. The average Bonchev–Trinajstić information content (AvgIpc) is 2.85. The number of alkyl halides is 2. The highest BCUT2D eigenvalue weighted by Crippen LogP contribution is 2.28. The van der Waals surface area contributed by atoms with E-state index in [1.165, 1.54) is 12.8 Å². The molecule has 1 aliphatic rings. The molecule has 0 aromatic carbocycles. The minimum atomic E-state index is -2.89. The molecule has 0 bridgehead atoms. The van der Waals surface area contributed by atoms with E-state index >= 15 is 0 Å². The molecule has 3 nitrogen and oxygen atoms in total. The van der Waals surface area contributed by atoms with Crippen LogP contribution < -0.4 is 0 Å². The van der Waals surface area contributed by atoms with Gasteiger partial charge in [-0.1, -0.05) is 12.8 Å². The fourth-order valence-corrected chi connectivity index (χ4v) is 2.10. The summed E-state index contributed by atoms with van der Waals surface area (Å²) in [6.07, 6.45) is 3.18. The van der Waals surface area contributed by atoms with Crippen molar-refractivity contribution in [2.45, 2.75) is 44.6 Å². The fourth-order valence-electron chi connectivity index (χ4n) is 2.10. The van der Waals surface area contributed by atoms with Crippen molar-refractivity contribution in [2.24, 2.45) is 0 Å². The standard InChI is InChI=1S/C11H14F2N2O/c12-11(13)10(16)7-8-5-6-15(14-8)9-3-1-2-4-9/h5-6,9,11H,1-4,7H2. The summed E-state index contributed by atoms with van der Waals surface area (Å²) in [6.45, 7) is 0. The first kappa shape index (κ1) is 11.2. The predicted octanol–water partition coefficient (Wildman–Crippen LogP) is 2.37. The first-order valence-electron chi connectivity index (χ1n) is 5.51. The molecule has 0 saturated heterocycles. The van der Waals surface area contributed by atoms with Gasteiger partial charge < -0.3 is 0 Å². The van der Waals surface area contributed by atoms with Crippen molar-refractivity contribution in [3.63, 3.8) is 0 Å². The Hall–Kier alpha value is -1.26. The molecular weight excluding hydrogens is 214 g/mol. The van der Waals surface area contributed by atoms with Crippen LogP contribution in [-0.4, -0.2) is 22.0 Å². The van der Waals surface area contributed by atoms with E-state index in [4.69, 9.17) is 0 Å². The number of carbonyl (C=O) groups excluding carboxylic acids is 1. The Labute approximate surface area is 92.4 Å². The Morgan fingerprint density at radius 3 is 2.81 bits per heavy atom. The van der Waals surface area contributed by atoms with Gasteiger partial charge in [0.1, 0.15) is 0 Å². The molecule has 0 aliphatic heterocycles. The van der Waals surface area contributed by atoms with E-state index in [0.29, 0.717) is 11.7 Å². The number of ketones is 1. The Kier molecular flexibility index (Phi) is 3.31. The molecule has 0 N–H and O–H groups in total. The van der Waals surface area contributed by atoms with Gasteiger partial charge in [-0.25, -0.2) is 8.78 Å². The van der Waals surface area contributed by atoms with Crippen molar-refractivity contribution in [3.05, 3.63) is 18.0 Å². The summed E-state index contributed by atoms with van der Waals surface area (Å²) in [5, 5.41) is 4.18. The van der Waals surface area contributed by atoms with Gasteiger partial charge in [0.2, 0.25) is 5.78 Å². The zero-order chi connectivity index (χ0) is 11.5. The lowest BCUT2D eigenvalue weighted by atomic mass is 10.2. The lowest BCUT2D eigenvalue weighted by Gasteiger charge is -2.08. The molecule has 1 aromatic rings. The molecule has 1 heterocycles. The number of nitrogens with zero attached hydrogens (tertiary/aromatic N) is 2. The van der Waals surface area contributed by atoms with Gasteiger partial charge in [0.15, 0.2) is 0 Å². The number of halogens is 2. The van der Waals surface area contributed by atoms with E-state index in [2.05, 4.69) is 5.10 Å². The van der Waals surface area contributed by atoms with Crippen molar-refractivity contribution < 1.29 is 13.6 Å². The third-order valence-corrected chi connectivity index (χ3v) is 2.96. The van der Waals surface area contributed by atoms with E-state index in [0.717, 1.165) is 12.8 Å². The van der Waals surface area contributed by atoms with Gasteiger partial charge >= 0.3 is 0 Å². The molecule has 0 atom stereocenters. The van der Waals surface area contributed by atoms with Gasteiger partial charge in [0, 0.05) is 6.20 Å². The molecule has 0 unspecified atom stereocenters. The first-order valence-corrected chi connectivity index (χ1v) is 5.51. The van der Waals surface area contributed by atoms with Gasteiger partial charge in [-0.15, -0.1) is 0 Å². The van der Waals surface area contributed by atoms with Gasteiger partial charge in [-0.2, -0.15) is 5.10 Å². The highest BCUT2D eigenvalue weighted by Gasteiger charge is 2.20. The van der Waals surface area contributed by atoms with E-state index in [1.54, 1.807) is 16.9 Å². The lowest BCUT2D eigenvalue weighted by Crippen LogP contribution is -2.14. The second kappa shape index (κ2) is 4.72. The molecule has 88 valence electrons. The van der Waals surface area contributed by atoms with Crippen LogP contribution in [0.4, 0.5) is 8.78 Å². The van der Waals surface area contributed by atoms with Gasteiger partial charge in [-0.3, -0.25) is 9.48 Å². The molecule has 5 heteroatoms. The monoisotopic (exact) mass is 228 g/mol. The van der Waals surface area contributed by atoms with Gasteiger partial charge in [0.25, 0.3) is 6.43 Å². The minimum absolute atomic E-state index is 0.266. The number of hydrogen-bond donors (Lipinski definition) is 0. The van der Waals surface area contributed by atoms with Crippen molar-refractivity contribution in [1.29, 1.82) is 0 Å². The van der Waals surface area contributed by atoms with E-state index in [-0.39, 0.29) is 6.42 Å². The van der Waals surface area contributed by atoms with Crippen molar-refractivity contribution in [1.82, 2.24) is 9.78 Å². The summed E-state index contributed by atoms with van der Waals surface area (Å²) in [7, 11) is 0. The van der Waals surface area contributed by atoms with Crippen LogP contribution in [0.1, 0.15) is 37.4 Å². The third-order valence-electron chi connectivity index (χ3n) is 2.96. The van der Waals surface area contributed by atoms with Crippen LogP contribution in [0, 0.1) is 0 Å². The largest absolute Gasteiger partial charge is 0.296 e. The molecule has 1 fully saturated rings. The SMILES string of the molecule is O=C(Cc1ccn(C2CCCC2)n1)C(F)F. The number of aromatic nitrogens is 2. The topological polar surface area (TPSA) is 34.9 Å². The van der Waals surface area contributed by atoms with Crippen molar-refractivity contribution in [3.8, 4) is 0 Å². The van der Waals surface area contributed by atoms with Crippen LogP contribution in [0.15, 0.2) is 12.3 Å². The van der Waals surface area contributed by atoms with E-state index < -0.39 is 12.2 Å². The maximum absolute atomic E-state index is 12.0. The van der Waals surface area contributed by atoms with Gasteiger partial charge in [-0.05, 0) is 18.9 Å². The van der Waals surface area contributed by atoms with Crippen LogP contribution >= 0.6 is 0 Å². The zero-order valence-corrected chi connectivity index (χ0v) is 8.90. The van der Waals surface area contributed by atoms with E-state index in [1.807, 2.05) is 0 Å². The van der Waals surface area contributed by atoms with Crippen LogP contribution in [0.2, 0.25) is 0 Å². The second-order valence-electron chi connectivity index (χ2n) is 4.17. The summed E-state index contributed by atoms with van der Waals surface area (Å²) in [4.78, 5) is 10.8. The lowest BCUT2D eigenvalue weighted by molar-refractivity contribution is -0.128. The zero-order valence-electron chi connectivity index (χ0n) is 8.90. The predicted molar refractivity (Wildman–Crippen MR) is 54.4 cm³/mol. The smallest absolute Gasteiger partial charge is 0.293 e. The Balaban J connectivity index is 1.99. The third kappa shape index (κ3) is 2.46. The number of carbonyl (C=O) groups is 1. The van der Waals surface area contributed by atoms with E-state index in [9.17, 15) is 13.6 Å². The fraction of sp³-hybridized carbons (Fsp3) is 0.636. The number of rotatable bonds is 4. The summed E-state index contributed by atoms with van der Waals surface area (Å²) >= 11 is 0. The second-order valence-corrected chi connectivity index (χ2v) is 4.17. The molecule has 1 aromatic heterocycles. The molecule has 16 heavy (non-hydrogen) atoms. The highest BCUT2D eigenvalue weighted by atomic mass is 19.3. The average molecular weight is 228 g/mol. The molecule has 1 aliphatic carbocycles. The van der Waals surface area contributed by atoms with Crippen molar-refractivity contribution >= 4 is 5.78 Å². The Morgan fingerprint density at radius 2 is 2.19 bits per heavy atom. The Bertz CT molecular complexity index is 370. The molecule has 0 radical (unpaired) electrons. The molecule has 1 saturated carbocycles. The maximum Gasteiger partial charge on any atom is 0.296 e. The highest BCUT2D eigenvalue weighted by molar-refractivity contribution is 5.83. The van der Waals surface area contributed by atoms with Crippen molar-refractivity contribution in [2.75, 3.05) is 0 Å². The maximum atomic E-state index is 12.0. The molecule has 0 spiro atoms. The minimum Gasteiger partial charge on any atom is -0.293 e. The van der Waals surface area contributed by atoms with Crippen LogP contribution in [0.25, 0.3) is 0 Å². The molecule has 0 amide bonds. The molecule has 2 rings (SSSR count). The molecular formula is C11H14F2N2O.